The molecule has 0 saturated heterocycles. The molecule has 0 spiro atoms. The Balaban J connectivity index is 0.00000304. The van der Waals surface area contributed by atoms with Crippen molar-refractivity contribution in [2.24, 2.45) is 0 Å². The van der Waals surface area contributed by atoms with E-state index >= 15 is 0 Å². The summed E-state index contributed by atoms with van der Waals surface area (Å²) >= 11 is 1.12. The van der Waals surface area contributed by atoms with Gasteiger partial charge in [-0.3, -0.25) is 9.69 Å². The molecule has 0 radical (unpaired) electrons. The molecular formula is C27H23ClF2N4OS. The summed E-state index contributed by atoms with van der Waals surface area (Å²) < 4.78 is 30.3. The molecule has 0 aliphatic rings. The van der Waals surface area contributed by atoms with Crippen molar-refractivity contribution in [1.82, 2.24) is 14.5 Å². The monoisotopic (exact) mass is 524 g/mol. The van der Waals surface area contributed by atoms with Crippen LogP contribution in [0.15, 0.2) is 85.5 Å². The van der Waals surface area contributed by atoms with Gasteiger partial charge in [-0.25, -0.2) is 18.7 Å². The van der Waals surface area contributed by atoms with Crippen molar-refractivity contribution in [3.8, 4) is 11.1 Å². The quantitative estimate of drug-likeness (QED) is 0.232. The van der Waals surface area contributed by atoms with Crippen LogP contribution in [-0.4, -0.2) is 27.0 Å². The highest BCUT2D eigenvalue weighted by molar-refractivity contribution is 7.22. The number of benzene rings is 3. The molecule has 5 nitrogen and oxygen atoms in total. The van der Waals surface area contributed by atoms with Crippen LogP contribution in [0.25, 0.3) is 21.3 Å². The van der Waals surface area contributed by atoms with Gasteiger partial charge in [0.15, 0.2) is 10.9 Å². The Bertz CT molecular complexity index is 1440. The molecule has 36 heavy (non-hydrogen) atoms. The van der Waals surface area contributed by atoms with Crippen LogP contribution >= 0.6 is 23.7 Å². The second-order valence-electron chi connectivity index (χ2n) is 8.17. The van der Waals surface area contributed by atoms with Gasteiger partial charge >= 0.3 is 0 Å². The van der Waals surface area contributed by atoms with Crippen LogP contribution in [0, 0.1) is 11.6 Å². The average molecular weight is 525 g/mol. The normalized spacial score (nSPS) is 10.8. The van der Waals surface area contributed by atoms with Gasteiger partial charge in [-0.15, -0.1) is 12.4 Å². The van der Waals surface area contributed by atoms with E-state index in [1.165, 1.54) is 6.07 Å². The standard InChI is InChI=1S/C27H22F2N4OS.ClH/c28-22-16-23(29)26-24(17-22)35-27(31-26)33(13-4-12-32-14-11-30-18-32)25(34)15-19-7-9-21(10-8-19)20-5-2-1-3-6-20;/h1-3,5-11,14,16-18H,4,12-13,15H2;1H. The van der Waals surface area contributed by atoms with Crippen LogP contribution in [-0.2, 0) is 17.8 Å². The molecule has 0 aliphatic heterocycles. The van der Waals surface area contributed by atoms with Gasteiger partial charge in [0.2, 0.25) is 5.91 Å². The zero-order valence-electron chi connectivity index (χ0n) is 19.2. The molecule has 2 aromatic heterocycles. The Hall–Kier alpha value is -3.62. The molecule has 0 saturated carbocycles. The van der Waals surface area contributed by atoms with Crippen molar-refractivity contribution >= 4 is 45.0 Å². The largest absolute Gasteiger partial charge is 0.337 e. The van der Waals surface area contributed by atoms with Crippen molar-refractivity contribution in [3.63, 3.8) is 0 Å². The van der Waals surface area contributed by atoms with Gasteiger partial charge < -0.3 is 4.57 Å². The number of nitrogens with zero attached hydrogens (tertiary/aromatic N) is 4. The number of aryl methyl sites for hydroxylation is 1. The summed E-state index contributed by atoms with van der Waals surface area (Å²) in [6, 6.07) is 20.0. The summed E-state index contributed by atoms with van der Waals surface area (Å²) in [6.07, 6.45) is 6.11. The third kappa shape index (κ3) is 5.78. The predicted molar refractivity (Wildman–Crippen MR) is 142 cm³/mol. The van der Waals surface area contributed by atoms with Crippen LogP contribution in [0.2, 0.25) is 0 Å². The van der Waals surface area contributed by atoms with Gasteiger partial charge in [-0.1, -0.05) is 65.9 Å². The second kappa shape index (κ2) is 11.4. The second-order valence-corrected chi connectivity index (χ2v) is 9.18. The minimum Gasteiger partial charge on any atom is -0.337 e. The van der Waals surface area contributed by atoms with Crippen LogP contribution in [0.4, 0.5) is 13.9 Å². The maximum atomic E-state index is 14.3. The molecule has 5 rings (SSSR count). The first-order chi connectivity index (χ1) is 17.1. The van der Waals surface area contributed by atoms with Gasteiger partial charge in [0.05, 0.1) is 17.4 Å². The number of aromatic nitrogens is 3. The van der Waals surface area contributed by atoms with Crippen molar-refractivity contribution in [2.75, 3.05) is 11.4 Å². The lowest BCUT2D eigenvalue weighted by atomic mass is 10.0. The van der Waals surface area contributed by atoms with Gasteiger partial charge in [0, 0.05) is 31.5 Å². The fourth-order valence-corrected chi connectivity index (χ4v) is 4.98. The lowest BCUT2D eigenvalue weighted by Crippen LogP contribution is -2.33. The molecule has 5 aromatic rings. The van der Waals surface area contributed by atoms with E-state index in [-0.39, 0.29) is 30.3 Å². The number of carbonyl (C=O) groups excluding carboxylic acids is 1. The summed E-state index contributed by atoms with van der Waals surface area (Å²) in [4.78, 5) is 23.4. The maximum absolute atomic E-state index is 14.3. The third-order valence-electron chi connectivity index (χ3n) is 5.71. The minimum atomic E-state index is -0.732. The summed E-state index contributed by atoms with van der Waals surface area (Å²) in [7, 11) is 0. The van der Waals surface area contributed by atoms with Crippen molar-refractivity contribution in [2.45, 2.75) is 19.4 Å². The number of hydrogen-bond acceptors (Lipinski definition) is 4. The van der Waals surface area contributed by atoms with Gasteiger partial charge in [-0.05, 0) is 29.2 Å². The lowest BCUT2D eigenvalue weighted by Gasteiger charge is -2.20. The van der Waals surface area contributed by atoms with E-state index in [0.29, 0.717) is 29.3 Å². The third-order valence-corrected chi connectivity index (χ3v) is 6.73. The Labute approximate surface area is 217 Å². The number of fused-ring (bicyclic) bond motifs is 1. The SMILES string of the molecule is Cl.O=C(Cc1ccc(-c2ccccc2)cc1)N(CCCn1ccnc1)c1nc2c(F)cc(F)cc2s1. The van der Waals surface area contributed by atoms with E-state index in [9.17, 15) is 13.6 Å². The van der Waals surface area contributed by atoms with Crippen LogP contribution in [0.1, 0.15) is 12.0 Å². The number of anilines is 1. The summed E-state index contributed by atoms with van der Waals surface area (Å²) in [5.41, 5.74) is 3.12. The van der Waals surface area contributed by atoms with E-state index < -0.39 is 11.6 Å². The zero-order valence-corrected chi connectivity index (χ0v) is 20.8. The highest BCUT2D eigenvalue weighted by Gasteiger charge is 2.21. The van der Waals surface area contributed by atoms with E-state index in [1.807, 2.05) is 65.4 Å². The zero-order chi connectivity index (χ0) is 24.2. The van der Waals surface area contributed by atoms with Gasteiger partial charge in [-0.2, -0.15) is 0 Å². The summed E-state index contributed by atoms with van der Waals surface area (Å²) in [5, 5.41) is 0.362. The number of thiazole rings is 1. The molecule has 0 aliphatic carbocycles. The summed E-state index contributed by atoms with van der Waals surface area (Å²) in [6.45, 7) is 1.06. The average Bonchev–Trinajstić information content (AvgIpc) is 3.53. The van der Waals surface area contributed by atoms with Crippen LogP contribution < -0.4 is 4.90 Å². The molecule has 0 fully saturated rings. The smallest absolute Gasteiger partial charge is 0.233 e. The molecular weight excluding hydrogens is 502 g/mol. The molecule has 9 heteroatoms. The summed E-state index contributed by atoms with van der Waals surface area (Å²) in [5.74, 6) is -1.55. The first kappa shape index (κ1) is 25.5. The van der Waals surface area contributed by atoms with E-state index in [2.05, 4.69) is 9.97 Å². The Morgan fingerprint density at radius 2 is 1.75 bits per heavy atom. The lowest BCUT2D eigenvalue weighted by molar-refractivity contribution is -0.118. The van der Waals surface area contributed by atoms with Crippen molar-refractivity contribution in [3.05, 3.63) is 103 Å². The Morgan fingerprint density at radius 3 is 2.47 bits per heavy atom. The van der Waals surface area contributed by atoms with E-state index in [1.54, 1.807) is 17.4 Å². The first-order valence-electron chi connectivity index (χ1n) is 11.2. The number of rotatable bonds is 8. The number of halogens is 3. The van der Waals surface area contributed by atoms with Crippen LogP contribution in [0.5, 0.6) is 0 Å². The number of amides is 1. The number of imidazole rings is 1. The molecule has 0 N–H and O–H groups in total. The Kier molecular flexibility index (Phi) is 8.07. The predicted octanol–water partition coefficient (Wildman–Crippen LogP) is 6.53. The van der Waals surface area contributed by atoms with Gasteiger partial charge in [0.1, 0.15) is 11.3 Å². The van der Waals surface area contributed by atoms with Crippen LogP contribution in [0.3, 0.4) is 0 Å². The van der Waals surface area contributed by atoms with Gasteiger partial charge in [0.25, 0.3) is 0 Å². The maximum Gasteiger partial charge on any atom is 0.233 e. The topological polar surface area (TPSA) is 51.0 Å². The molecule has 0 bridgehead atoms. The molecule has 1 amide bonds. The number of carbonyl (C=O) groups is 1. The number of hydrogen-bond donors (Lipinski definition) is 0. The molecule has 0 unspecified atom stereocenters. The molecule has 2 heterocycles. The fraction of sp³-hybridized carbons (Fsp3) is 0.148. The minimum absolute atomic E-state index is 0. The van der Waals surface area contributed by atoms with E-state index in [0.717, 1.165) is 34.1 Å². The Morgan fingerprint density at radius 1 is 1.00 bits per heavy atom. The molecule has 3 aromatic carbocycles. The molecule has 0 atom stereocenters. The van der Waals surface area contributed by atoms with Crippen molar-refractivity contribution < 1.29 is 13.6 Å². The highest BCUT2D eigenvalue weighted by atomic mass is 35.5. The highest BCUT2D eigenvalue weighted by Crippen LogP contribution is 2.32. The van der Waals surface area contributed by atoms with E-state index in [4.69, 9.17) is 0 Å². The van der Waals surface area contributed by atoms with Crippen molar-refractivity contribution in [1.29, 1.82) is 0 Å². The fourth-order valence-electron chi connectivity index (χ4n) is 3.93. The first-order valence-corrected chi connectivity index (χ1v) is 12.0. The molecule has 184 valence electrons.